The highest BCUT2D eigenvalue weighted by Gasteiger charge is 2.27. The minimum atomic E-state index is 0.132. The van der Waals surface area contributed by atoms with Crippen molar-refractivity contribution < 1.29 is 0 Å². The summed E-state index contributed by atoms with van der Waals surface area (Å²) in [5.41, 5.74) is 38.3. The minimum absolute atomic E-state index is 0.132. The molecule has 142 heavy (non-hydrogen) atoms. The van der Waals surface area contributed by atoms with E-state index in [1.807, 2.05) is 0 Å². The van der Waals surface area contributed by atoms with E-state index in [1.165, 1.54) is 232 Å². The zero-order chi connectivity index (χ0) is 97.8. The molecule has 0 unspecified atom stereocenters. The van der Waals surface area contributed by atoms with Crippen molar-refractivity contribution in [3.63, 3.8) is 0 Å². The summed E-state index contributed by atoms with van der Waals surface area (Å²) in [6, 6.07) is 149. The Morgan fingerprint density at radius 3 is 0.585 bits per heavy atom. The summed E-state index contributed by atoms with van der Waals surface area (Å²) < 4.78 is 14.6. The smallest absolute Gasteiger partial charge is 0.0541 e. The van der Waals surface area contributed by atoms with Gasteiger partial charge in [-0.1, -0.05) is 329 Å². The Bertz CT molecular complexity index is 8460. The Labute approximate surface area is 836 Å². The lowest BCUT2D eigenvalue weighted by Crippen LogP contribution is -2.15. The molecule has 24 aromatic rings. The summed E-state index contributed by atoms with van der Waals surface area (Å²) in [4.78, 5) is 0. The Balaban J connectivity index is 0.000000122. The molecule has 6 heteroatoms. The second kappa shape index (κ2) is 36.8. The van der Waals surface area contributed by atoms with E-state index in [2.05, 4.69) is 539 Å². The summed E-state index contributed by atoms with van der Waals surface area (Å²) in [5, 5.41) is 15.7. The van der Waals surface area contributed by atoms with Crippen LogP contribution in [0.25, 0.3) is 198 Å². The predicted octanol–water partition coefficient (Wildman–Crippen LogP) is 37.6. The number of hydrogen-bond acceptors (Lipinski definition) is 0. The summed E-state index contributed by atoms with van der Waals surface area (Å²) in [6.07, 6.45) is 6.49. The van der Waals surface area contributed by atoms with Gasteiger partial charge in [0.25, 0.3) is 0 Å². The van der Waals surface area contributed by atoms with Crippen molar-refractivity contribution in [3.05, 3.63) is 434 Å². The molecule has 702 valence electrons. The van der Waals surface area contributed by atoms with Crippen LogP contribution in [0.15, 0.2) is 400 Å². The van der Waals surface area contributed by atoms with Gasteiger partial charge in [0, 0.05) is 98.8 Å². The van der Waals surface area contributed by atoms with E-state index >= 15 is 0 Å². The molecule has 0 aliphatic carbocycles. The summed E-state index contributed by atoms with van der Waals surface area (Å²) >= 11 is 0. The Morgan fingerprint density at radius 2 is 0.373 bits per heavy atom. The van der Waals surface area contributed by atoms with E-state index in [1.54, 1.807) is 0 Å². The molecule has 0 aliphatic heterocycles. The Kier molecular flexibility index (Phi) is 23.8. The average molecular weight is 1850 g/mol. The number of fused-ring (bicyclic) bond motifs is 18. The fourth-order valence-electron chi connectivity index (χ4n) is 22.5. The third kappa shape index (κ3) is 17.3. The van der Waals surface area contributed by atoms with Gasteiger partial charge < -0.3 is 27.4 Å². The monoisotopic (exact) mass is 1850 g/mol. The van der Waals surface area contributed by atoms with Crippen LogP contribution in [0, 0.1) is 22.7 Å². The normalized spacial score (nSPS) is 12.4. The van der Waals surface area contributed by atoms with Crippen LogP contribution in [0.5, 0.6) is 0 Å². The molecule has 18 aromatic carbocycles. The van der Waals surface area contributed by atoms with Crippen molar-refractivity contribution in [3.8, 4) is 67.5 Å². The van der Waals surface area contributed by atoms with Crippen LogP contribution in [-0.2, 0) is 36.5 Å². The van der Waals surface area contributed by atoms with Crippen LogP contribution < -0.4 is 0 Å². The van der Waals surface area contributed by atoms with Gasteiger partial charge in [-0.2, -0.15) is 0 Å². The third-order valence-corrected chi connectivity index (χ3v) is 30.0. The van der Waals surface area contributed by atoms with Gasteiger partial charge in [0.1, 0.15) is 0 Å². The maximum atomic E-state index is 2.43. The molecule has 0 aliphatic rings. The van der Waals surface area contributed by atoms with E-state index in [9.17, 15) is 0 Å². The second-order valence-corrected chi connectivity index (χ2v) is 44.4. The highest BCUT2D eigenvalue weighted by molar-refractivity contribution is 6.15. The molecule has 0 amide bonds. The molecular weight excluding hydrogens is 1720 g/mol. The summed E-state index contributed by atoms with van der Waals surface area (Å²) in [7, 11) is 0. The lowest BCUT2D eigenvalue weighted by atomic mass is 9.82. The molecule has 0 radical (unpaired) electrons. The molecule has 6 nitrogen and oxygen atoms in total. The van der Waals surface area contributed by atoms with Crippen LogP contribution in [-0.4, -0.2) is 27.4 Å². The molecule has 0 spiro atoms. The second-order valence-electron chi connectivity index (χ2n) is 44.4. The van der Waals surface area contributed by atoms with Crippen LogP contribution in [0.3, 0.4) is 0 Å². The molecule has 0 saturated carbocycles. The number of benzene rings is 18. The van der Waals surface area contributed by atoms with E-state index < -0.39 is 0 Å². The van der Waals surface area contributed by atoms with E-state index in [4.69, 9.17) is 0 Å². The van der Waals surface area contributed by atoms with Crippen molar-refractivity contribution in [1.29, 1.82) is 0 Å². The van der Waals surface area contributed by atoms with Crippen LogP contribution >= 0.6 is 0 Å². The molecule has 6 heterocycles. The van der Waals surface area contributed by atoms with Gasteiger partial charge in [-0.25, -0.2) is 0 Å². The van der Waals surface area contributed by atoms with Gasteiger partial charge in [-0.3, -0.25) is 0 Å². The Hall–Kier alpha value is -15.2. The van der Waals surface area contributed by atoms with Crippen molar-refractivity contribution in [2.45, 2.75) is 160 Å². The van der Waals surface area contributed by atoms with Crippen molar-refractivity contribution in [2.24, 2.45) is 22.7 Å². The van der Waals surface area contributed by atoms with Crippen molar-refractivity contribution >= 4 is 131 Å². The van der Waals surface area contributed by atoms with E-state index in [0.717, 1.165) is 38.5 Å². The van der Waals surface area contributed by atoms with Crippen LogP contribution in [0.2, 0.25) is 0 Å². The fourth-order valence-corrected chi connectivity index (χ4v) is 22.5. The molecule has 0 saturated heterocycles. The largest absolute Gasteiger partial charge is 0.309 e. The maximum Gasteiger partial charge on any atom is 0.0541 e. The third-order valence-electron chi connectivity index (χ3n) is 30.0. The predicted molar refractivity (Wildman–Crippen MR) is 612 cm³/mol. The highest BCUT2D eigenvalue weighted by atomic mass is 15.0. The highest BCUT2D eigenvalue weighted by Crippen LogP contribution is 2.46. The van der Waals surface area contributed by atoms with Gasteiger partial charge in [-0.15, -0.1) is 0 Å². The molecule has 0 fully saturated rings. The molecule has 0 bridgehead atoms. The fraction of sp³-hybridized carbons (Fsp3) is 0.206. The number of rotatable bonds is 19. The first-order valence-corrected chi connectivity index (χ1v) is 51.5. The van der Waals surface area contributed by atoms with Gasteiger partial charge in [0.15, 0.2) is 0 Å². The Morgan fingerprint density at radius 1 is 0.183 bits per heavy atom. The number of para-hydroxylation sites is 6. The lowest BCUT2D eigenvalue weighted by Gasteiger charge is -2.23. The quantitative estimate of drug-likeness (QED) is 0.0772. The van der Waals surface area contributed by atoms with Crippen molar-refractivity contribution in [1.82, 2.24) is 27.4 Å². The maximum absolute atomic E-state index is 2.43. The van der Waals surface area contributed by atoms with Crippen LogP contribution in [0.1, 0.15) is 157 Å². The lowest BCUT2D eigenvalue weighted by molar-refractivity contribution is 0.411. The SMILES string of the molecule is CC(C)(C)Cc1ccc2c(c1)c1ccccc1n2-c1cccc(-c2cccc(-n3c4ccccc4c4cc(CC(C)(C)C)ccc43)c2)c1.CC(C)Cc1ccc2c(c1)c1ccccc1n2-c1cccc(-c2cccc(-n3c4ccccc4c4cc(CC(C)C)ccc43)c2)c1.CCC(C)(C)c1ccc2c(c1)c1ccccc1n2-c1cccc(-c2cccc(-n3c4ccccc4c4cc(C(C)(C)CC)ccc43)c2)c1. The van der Waals surface area contributed by atoms with E-state index in [-0.39, 0.29) is 21.7 Å². The zero-order valence-electron chi connectivity index (χ0n) is 85.2. The van der Waals surface area contributed by atoms with E-state index in [0.29, 0.717) is 11.8 Å². The first kappa shape index (κ1) is 91.8. The molecule has 0 atom stereocenters. The van der Waals surface area contributed by atoms with Crippen LogP contribution in [0.4, 0.5) is 0 Å². The van der Waals surface area contributed by atoms with Crippen molar-refractivity contribution in [2.75, 3.05) is 0 Å². The minimum Gasteiger partial charge on any atom is -0.309 e. The first-order chi connectivity index (χ1) is 68.7. The van der Waals surface area contributed by atoms with Gasteiger partial charge in [0.2, 0.25) is 0 Å². The summed E-state index contributed by atoms with van der Waals surface area (Å²) in [5.74, 6) is 1.26. The zero-order valence-corrected chi connectivity index (χ0v) is 85.2. The number of hydrogen-bond donors (Lipinski definition) is 0. The molecular formula is C136H128N6. The first-order valence-electron chi connectivity index (χ1n) is 51.5. The molecule has 0 N–H and O–H groups in total. The standard InChI is InChI=1S/2C46H44N2.C44H40N2/c1-45(2,3)29-31-21-23-43-39(25-31)37-17-7-9-19-41(37)47(43)35-15-11-13-33(27-35)34-14-12-16-36(28-34)48-42-20-10-8-18-38(42)40-26-32(22-24-44(40)48)30-46(4,5)6;1-7-45(3,4)33-23-25-43-39(29-33)37-19-9-11-21-41(37)47(43)35-17-13-15-31(27-35)32-16-14-18-36(28-32)48-42-22-12-10-20-38(42)40-30-34(24-26-44(40)48)46(5,6)8-2;1-29(2)23-31-19-21-43-39(25-31)37-15-5-7-17-41(37)45(43)35-13-9-11-33(27-35)34-12-10-14-36(28-34)46-42-18-8-6-16-38(42)40-26-32(24-30(3)4)20-22-44(40)46/h7-28H,29-30H2,1-6H3;9-30H,7-8H2,1-6H3;5-22,25-30H,23-24H2,1-4H3. The topological polar surface area (TPSA) is 29.6 Å². The molecule has 24 rings (SSSR count). The number of aromatic nitrogens is 6. The number of nitrogens with zero attached hydrogens (tertiary/aromatic N) is 6. The summed E-state index contributed by atoms with van der Waals surface area (Å²) in [6.45, 7) is 37.0. The van der Waals surface area contributed by atoms with Gasteiger partial charge in [0.05, 0.1) is 66.2 Å². The molecule has 6 aromatic heterocycles. The van der Waals surface area contributed by atoms with Gasteiger partial charge in [-0.05, 0) is 321 Å². The average Bonchev–Trinajstić information content (AvgIpc) is 1.62. The van der Waals surface area contributed by atoms with Gasteiger partial charge >= 0.3 is 0 Å².